The minimum absolute atomic E-state index is 0.0239. The van der Waals surface area contributed by atoms with E-state index < -0.39 is 30.3 Å². The molecular formula is C13H15NO5. The quantitative estimate of drug-likeness (QED) is 0.698. The second kappa shape index (κ2) is 6.53. The Hall–Kier alpha value is -2.37. The first kappa shape index (κ1) is 14.7. The molecule has 1 aromatic carbocycles. The molecule has 0 aliphatic heterocycles. The van der Waals surface area contributed by atoms with Gasteiger partial charge in [0.2, 0.25) is 5.91 Å². The molecule has 102 valence electrons. The molecule has 1 rings (SSSR count). The number of carbonyl (C=O) groups excluding carboxylic acids is 1. The van der Waals surface area contributed by atoms with Gasteiger partial charge in [-0.3, -0.25) is 9.59 Å². The molecule has 3 N–H and O–H groups in total. The van der Waals surface area contributed by atoms with Crippen LogP contribution in [0.1, 0.15) is 17.5 Å². The van der Waals surface area contributed by atoms with Gasteiger partial charge < -0.3 is 15.5 Å². The van der Waals surface area contributed by atoms with E-state index in [1.54, 1.807) is 12.1 Å². The summed E-state index contributed by atoms with van der Waals surface area (Å²) in [6, 6.07) is 5.81. The Morgan fingerprint density at radius 3 is 2.37 bits per heavy atom. The van der Waals surface area contributed by atoms with Crippen molar-refractivity contribution in [2.75, 3.05) is 0 Å². The molecule has 0 radical (unpaired) electrons. The molecule has 0 bridgehead atoms. The average Bonchev–Trinajstić information content (AvgIpc) is 2.30. The molecule has 0 saturated heterocycles. The number of nitrogens with one attached hydrogen (secondary N) is 1. The Bertz CT molecular complexity index is 498. The van der Waals surface area contributed by atoms with E-state index in [-0.39, 0.29) is 6.42 Å². The lowest BCUT2D eigenvalue weighted by molar-refractivity contribution is -0.147. The third-order valence-corrected chi connectivity index (χ3v) is 2.62. The van der Waals surface area contributed by atoms with Crippen molar-refractivity contribution in [1.82, 2.24) is 5.32 Å². The van der Waals surface area contributed by atoms with Gasteiger partial charge in [0.15, 0.2) is 0 Å². The summed E-state index contributed by atoms with van der Waals surface area (Å²) in [6.45, 7) is 1.84. The van der Waals surface area contributed by atoms with Crippen LogP contribution in [0, 0.1) is 6.92 Å². The Labute approximate surface area is 110 Å². The molecule has 1 atom stereocenters. The predicted molar refractivity (Wildman–Crippen MR) is 66.7 cm³/mol. The highest BCUT2D eigenvalue weighted by Crippen LogP contribution is 2.07. The predicted octanol–water partition coefficient (Wildman–Crippen LogP) is 0.582. The summed E-state index contributed by atoms with van der Waals surface area (Å²) < 4.78 is 0. The molecule has 1 unspecified atom stereocenters. The van der Waals surface area contributed by atoms with Crippen LogP contribution in [-0.4, -0.2) is 34.1 Å². The van der Waals surface area contributed by atoms with Crippen LogP contribution < -0.4 is 5.32 Å². The number of benzene rings is 1. The van der Waals surface area contributed by atoms with Crippen LogP contribution in [0.15, 0.2) is 24.3 Å². The molecular weight excluding hydrogens is 250 g/mol. The van der Waals surface area contributed by atoms with E-state index in [4.69, 9.17) is 10.2 Å². The number of carboxylic acids is 2. The number of carbonyl (C=O) groups is 3. The zero-order chi connectivity index (χ0) is 14.4. The Morgan fingerprint density at radius 2 is 1.84 bits per heavy atom. The van der Waals surface area contributed by atoms with Crippen molar-refractivity contribution in [2.45, 2.75) is 25.8 Å². The fraction of sp³-hybridized carbons (Fsp3) is 0.308. The Morgan fingerprint density at radius 1 is 1.21 bits per heavy atom. The molecule has 0 aromatic heterocycles. The van der Waals surface area contributed by atoms with Crippen LogP contribution in [0.2, 0.25) is 0 Å². The molecule has 0 heterocycles. The number of rotatable bonds is 6. The monoisotopic (exact) mass is 265 g/mol. The van der Waals surface area contributed by atoms with Gasteiger partial charge in [-0.2, -0.15) is 0 Å². The summed E-state index contributed by atoms with van der Waals surface area (Å²) in [5.41, 5.74) is 1.70. The van der Waals surface area contributed by atoms with Crippen molar-refractivity contribution in [3.05, 3.63) is 35.4 Å². The molecule has 0 aliphatic rings. The summed E-state index contributed by atoms with van der Waals surface area (Å²) in [5.74, 6) is -3.15. The number of aliphatic carboxylic acids is 2. The second-order valence-corrected chi connectivity index (χ2v) is 4.16. The van der Waals surface area contributed by atoms with Crippen LogP contribution in [0.4, 0.5) is 0 Å². The normalized spacial score (nSPS) is 11.6. The van der Waals surface area contributed by atoms with Crippen LogP contribution >= 0.6 is 0 Å². The summed E-state index contributed by atoms with van der Waals surface area (Å²) in [4.78, 5) is 33.0. The van der Waals surface area contributed by atoms with Gasteiger partial charge in [-0.1, -0.05) is 24.3 Å². The number of hydrogen-bond donors (Lipinski definition) is 3. The lowest BCUT2D eigenvalue weighted by atomic mass is 10.1. The Balaban J connectivity index is 2.65. The van der Waals surface area contributed by atoms with Crippen molar-refractivity contribution in [3.8, 4) is 0 Å². The van der Waals surface area contributed by atoms with Gasteiger partial charge in [-0.25, -0.2) is 4.79 Å². The van der Waals surface area contributed by atoms with Gasteiger partial charge in [0.1, 0.15) is 6.04 Å². The van der Waals surface area contributed by atoms with Gasteiger partial charge in [0, 0.05) is 0 Å². The topological polar surface area (TPSA) is 104 Å². The third kappa shape index (κ3) is 4.79. The maximum absolute atomic E-state index is 11.7. The maximum Gasteiger partial charge on any atom is 0.326 e. The standard InChI is InChI=1S/C13H15NO5/c1-8-4-2-3-5-9(8)6-11(15)14-10(13(18)19)7-12(16)17/h2-5,10H,6-7H2,1H3,(H,14,15)(H,16,17)(H,18,19). The SMILES string of the molecule is Cc1ccccc1CC(=O)NC(CC(=O)O)C(=O)O. The van der Waals surface area contributed by atoms with E-state index in [0.29, 0.717) is 0 Å². The minimum atomic E-state index is -1.41. The molecule has 1 amide bonds. The van der Waals surface area contributed by atoms with Crippen molar-refractivity contribution in [3.63, 3.8) is 0 Å². The first-order chi connectivity index (χ1) is 8.90. The van der Waals surface area contributed by atoms with Crippen LogP contribution in [-0.2, 0) is 20.8 Å². The molecule has 0 saturated carbocycles. The first-order valence-corrected chi connectivity index (χ1v) is 5.68. The van der Waals surface area contributed by atoms with Gasteiger partial charge in [-0.05, 0) is 18.1 Å². The zero-order valence-electron chi connectivity index (χ0n) is 10.4. The van der Waals surface area contributed by atoms with Crippen molar-refractivity contribution >= 4 is 17.8 Å². The van der Waals surface area contributed by atoms with Gasteiger partial charge in [0.05, 0.1) is 12.8 Å². The Kier molecular flexibility index (Phi) is 5.05. The van der Waals surface area contributed by atoms with E-state index >= 15 is 0 Å². The second-order valence-electron chi connectivity index (χ2n) is 4.16. The number of hydrogen-bond acceptors (Lipinski definition) is 3. The van der Waals surface area contributed by atoms with Crippen LogP contribution in [0.5, 0.6) is 0 Å². The van der Waals surface area contributed by atoms with Crippen LogP contribution in [0.25, 0.3) is 0 Å². The fourth-order valence-corrected chi connectivity index (χ4v) is 1.60. The maximum atomic E-state index is 11.7. The highest BCUT2D eigenvalue weighted by atomic mass is 16.4. The third-order valence-electron chi connectivity index (χ3n) is 2.62. The van der Waals surface area contributed by atoms with E-state index in [1.807, 2.05) is 19.1 Å². The van der Waals surface area contributed by atoms with E-state index in [0.717, 1.165) is 11.1 Å². The van der Waals surface area contributed by atoms with Crippen molar-refractivity contribution in [2.24, 2.45) is 0 Å². The van der Waals surface area contributed by atoms with Crippen LogP contribution in [0.3, 0.4) is 0 Å². The van der Waals surface area contributed by atoms with E-state index in [2.05, 4.69) is 5.32 Å². The molecule has 0 spiro atoms. The molecule has 1 aromatic rings. The molecule has 6 nitrogen and oxygen atoms in total. The summed E-state index contributed by atoms with van der Waals surface area (Å²) in [6.07, 6.45) is -0.620. The lowest BCUT2D eigenvalue weighted by Crippen LogP contribution is -2.42. The number of aryl methyl sites for hydroxylation is 1. The highest BCUT2D eigenvalue weighted by Gasteiger charge is 2.23. The van der Waals surface area contributed by atoms with Crippen molar-refractivity contribution < 1.29 is 24.6 Å². The van der Waals surface area contributed by atoms with Gasteiger partial charge in [-0.15, -0.1) is 0 Å². The molecule has 0 fully saturated rings. The largest absolute Gasteiger partial charge is 0.481 e. The fourth-order valence-electron chi connectivity index (χ4n) is 1.60. The zero-order valence-corrected chi connectivity index (χ0v) is 10.4. The average molecular weight is 265 g/mol. The molecule has 0 aliphatic carbocycles. The van der Waals surface area contributed by atoms with Gasteiger partial charge >= 0.3 is 11.9 Å². The lowest BCUT2D eigenvalue weighted by Gasteiger charge is -2.13. The minimum Gasteiger partial charge on any atom is -0.481 e. The van der Waals surface area contributed by atoms with E-state index in [1.165, 1.54) is 0 Å². The molecule has 19 heavy (non-hydrogen) atoms. The molecule has 6 heteroatoms. The summed E-state index contributed by atoms with van der Waals surface area (Å²) >= 11 is 0. The smallest absolute Gasteiger partial charge is 0.326 e. The number of carboxylic acid groups (broad SMARTS) is 2. The summed E-state index contributed by atoms with van der Waals surface area (Å²) in [5, 5.41) is 19.6. The highest BCUT2D eigenvalue weighted by molar-refractivity contribution is 5.87. The summed E-state index contributed by atoms with van der Waals surface area (Å²) in [7, 11) is 0. The van der Waals surface area contributed by atoms with Gasteiger partial charge in [0.25, 0.3) is 0 Å². The van der Waals surface area contributed by atoms with E-state index in [9.17, 15) is 14.4 Å². The number of amides is 1. The van der Waals surface area contributed by atoms with Crippen molar-refractivity contribution in [1.29, 1.82) is 0 Å². The first-order valence-electron chi connectivity index (χ1n) is 5.68.